The monoisotopic (exact) mass is 519 g/mol. The number of likely N-dealkylation sites (tertiary alicyclic amines) is 1. The van der Waals surface area contributed by atoms with Crippen LogP contribution in [0.25, 0.3) is 0 Å². The van der Waals surface area contributed by atoms with Gasteiger partial charge in [-0.2, -0.15) is 4.98 Å². The number of benzene rings is 1. The molecule has 2 amide bonds. The second kappa shape index (κ2) is 10.1. The van der Waals surface area contributed by atoms with E-state index in [2.05, 4.69) is 27.4 Å². The summed E-state index contributed by atoms with van der Waals surface area (Å²) in [6.07, 6.45) is 6.93. The van der Waals surface area contributed by atoms with Crippen LogP contribution in [-0.4, -0.2) is 79.1 Å². The van der Waals surface area contributed by atoms with E-state index in [1.165, 1.54) is 12.8 Å². The molecule has 6 rings (SSSR count). The molecule has 1 aromatic carbocycles. The first-order valence-corrected chi connectivity index (χ1v) is 13.9. The molecule has 4 heterocycles. The molecule has 10 heteroatoms. The fourth-order valence-corrected chi connectivity index (χ4v) is 6.70. The number of hydrogen-bond donors (Lipinski definition) is 2. The van der Waals surface area contributed by atoms with Crippen molar-refractivity contribution in [3.8, 4) is 5.75 Å². The minimum Gasteiger partial charge on any atom is -0.495 e. The normalized spacial score (nSPS) is 25.1. The van der Waals surface area contributed by atoms with Crippen LogP contribution >= 0.6 is 0 Å². The average molecular weight is 520 g/mol. The van der Waals surface area contributed by atoms with Gasteiger partial charge in [-0.25, -0.2) is 4.98 Å². The summed E-state index contributed by atoms with van der Waals surface area (Å²) in [6.45, 7) is 5.64. The Labute approximate surface area is 223 Å². The molecule has 2 unspecified atom stereocenters. The van der Waals surface area contributed by atoms with Crippen molar-refractivity contribution >= 4 is 35.0 Å². The van der Waals surface area contributed by atoms with E-state index < -0.39 is 0 Å². The summed E-state index contributed by atoms with van der Waals surface area (Å²) in [6, 6.07) is 5.56. The van der Waals surface area contributed by atoms with Crippen LogP contribution in [0.5, 0.6) is 5.75 Å². The van der Waals surface area contributed by atoms with Crippen molar-refractivity contribution in [2.45, 2.75) is 51.1 Å². The Bertz CT molecular complexity index is 1220. The average Bonchev–Trinajstić information content (AvgIpc) is 3.69. The first kappa shape index (κ1) is 24.9. The van der Waals surface area contributed by atoms with Crippen molar-refractivity contribution < 1.29 is 14.3 Å². The Morgan fingerprint density at radius 3 is 2.61 bits per heavy atom. The van der Waals surface area contributed by atoms with E-state index in [4.69, 9.17) is 9.72 Å². The van der Waals surface area contributed by atoms with Gasteiger partial charge in [0.2, 0.25) is 11.9 Å². The van der Waals surface area contributed by atoms with Gasteiger partial charge >= 0.3 is 0 Å². The van der Waals surface area contributed by atoms with Crippen molar-refractivity contribution in [1.82, 2.24) is 20.2 Å². The lowest BCUT2D eigenvalue weighted by Gasteiger charge is -2.43. The van der Waals surface area contributed by atoms with Gasteiger partial charge in [-0.05, 0) is 49.3 Å². The quantitative estimate of drug-likeness (QED) is 0.601. The van der Waals surface area contributed by atoms with Crippen LogP contribution in [0.15, 0.2) is 24.4 Å². The molecular formula is C28H37N7O3. The molecule has 3 aliphatic heterocycles. The van der Waals surface area contributed by atoms with Crippen LogP contribution in [0.4, 0.5) is 23.1 Å². The number of hydrogen-bond acceptors (Lipinski definition) is 8. The van der Waals surface area contributed by atoms with E-state index in [0.29, 0.717) is 40.8 Å². The molecular weight excluding hydrogens is 482 g/mol. The van der Waals surface area contributed by atoms with E-state index in [9.17, 15) is 9.59 Å². The molecule has 2 N–H and O–H groups in total. The number of methoxy groups -OCH3 is 1. The van der Waals surface area contributed by atoms with Gasteiger partial charge < -0.3 is 30.1 Å². The number of carbonyl (C=O) groups is 2. The molecule has 3 atom stereocenters. The summed E-state index contributed by atoms with van der Waals surface area (Å²) in [4.78, 5) is 41.7. The van der Waals surface area contributed by atoms with Gasteiger partial charge in [-0.3, -0.25) is 9.59 Å². The largest absolute Gasteiger partial charge is 0.495 e. The lowest BCUT2D eigenvalue weighted by Crippen LogP contribution is -2.55. The number of anilines is 4. The van der Waals surface area contributed by atoms with Crippen LogP contribution in [0, 0.1) is 11.8 Å². The molecule has 0 bridgehead atoms. The van der Waals surface area contributed by atoms with Gasteiger partial charge in [-0.15, -0.1) is 0 Å². The fourth-order valence-electron chi connectivity index (χ4n) is 6.70. The summed E-state index contributed by atoms with van der Waals surface area (Å²) >= 11 is 0. The van der Waals surface area contributed by atoms with E-state index in [1.54, 1.807) is 31.3 Å². The highest BCUT2D eigenvalue weighted by Gasteiger charge is 2.41. The second-order valence-electron chi connectivity index (χ2n) is 11.0. The lowest BCUT2D eigenvalue weighted by atomic mass is 10.0. The molecule has 1 saturated carbocycles. The number of nitrogens with zero attached hydrogens (tertiary/aromatic N) is 5. The van der Waals surface area contributed by atoms with Gasteiger partial charge in [0.25, 0.3) is 5.91 Å². The highest BCUT2D eigenvalue weighted by atomic mass is 16.5. The van der Waals surface area contributed by atoms with Crippen LogP contribution < -0.4 is 25.2 Å². The van der Waals surface area contributed by atoms with Crippen LogP contribution in [-0.2, 0) is 4.79 Å². The van der Waals surface area contributed by atoms with Crippen molar-refractivity contribution in [3.05, 3.63) is 30.0 Å². The number of nitrogens with one attached hydrogen (secondary N) is 2. The number of amides is 2. The third kappa shape index (κ3) is 4.24. The Morgan fingerprint density at radius 1 is 1.18 bits per heavy atom. The van der Waals surface area contributed by atoms with Crippen LogP contribution in [0.1, 0.15) is 49.4 Å². The summed E-state index contributed by atoms with van der Waals surface area (Å²) in [5.41, 5.74) is 2.03. The number of carbonyl (C=O) groups excluding carboxylic acids is 2. The molecule has 38 heavy (non-hydrogen) atoms. The molecule has 1 aromatic heterocycles. The zero-order valence-electron chi connectivity index (χ0n) is 22.4. The maximum Gasteiger partial charge on any atom is 0.254 e. The SMILES string of the molecule is CC[C@@H]1C(=O)N(C)c2cnc(Nc3ccc(C(=O)N4CC5CNCC5C4)cc3OC)nc2N1C1CCCC1. The van der Waals surface area contributed by atoms with Gasteiger partial charge in [-0.1, -0.05) is 19.8 Å². The van der Waals surface area contributed by atoms with Gasteiger partial charge in [0.05, 0.1) is 19.0 Å². The number of aromatic nitrogens is 2. The van der Waals surface area contributed by atoms with Crippen molar-refractivity contribution in [1.29, 1.82) is 0 Å². The van der Waals surface area contributed by atoms with Crippen molar-refractivity contribution in [3.63, 3.8) is 0 Å². The molecule has 3 fully saturated rings. The highest BCUT2D eigenvalue weighted by Crippen LogP contribution is 2.40. The highest BCUT2D eigenvalue weighted by molar-refractivity contribution is 6.04. The molecule has 4 aliphatic rings. The lowest BCUT2D eigenvalue weighted by molar-refractivity contribution is -0.120. The Hall–Kier alpha value is -3.40. The molecule has 1 aliphatic carbocycles. The topological polar surface area (TPSA) is 103 Å². The van der Waals surface area contributed by atoms with Crippen LogP contribution in [0.3, 0.4) is 0 Å². The first-order valence-electron chi connectivity index (χ1n) is 13.9. The predicted molar refractivity (Wildman–Crippen MR) is 146 cm³/mol. The predicted octanol–water partition coefficient (Wildman–Crippen LogP) is 3.02. The summed E-state index contributed by atoms with van der Waals surface area (Å²) < 4.78 is 5.66. The van der Waals surface area contributed by atoms with Crippen molar-refractivity contribution in [2.24, 2.45) is 11.8 Å². The van der Waals surface area contributed by atoms with Crippen LogP contribution in [0.2, 0.25) is 0 Å². The third-order valence-corrected chi connectivity index (χ3v) is 8.78. The first-order chi connectivity index (χ1) is 18.5. The Kier molecular flexibility index (Phi) is 6.59. The number of rotatable bonds is 6. The Morgan fingerprint density at radius 2 is 1.92 bits per heavy atom. The number of likely N-dealkylation sites (N-methyl/N-ethyl adjacent to an activating group) is 1. The van der Waals surface area contributed by atoms with Gasteiger partial charge in [0, 0.05) is 44.8 Å². The molecule has 0 radical (unpaired) electrons. The van der Waals surface area contributed by atoms with Gasteiger partial charge in [0.15, 0.2) is 5.82 Å². The third-order valence-electron chi connectivity index (χ3n) is 8.78. The second-order valence-corrected chi connectivity index (χ2v) is 11.0. The van der Waals surface area contributed by atoms with Crippen molar-refractivity contribution in [2.75, 3.05) is 55.5 Å². The van der Waals surface area contributed by atoms with E-state index in [0.717, 1.165) is 56.9 Å². The van der Waals surface area contributed by atoms with E-state index in [1.807, 2.05) is 17.0 Å². The van der Waals surface area contributed by atoms with Gasteiger partial charge in [0.1, 0.15) is 17.5 Å². The minimum absolute atomic E-state index is 0.0415. The Balaban J connectivity index is 1.26. The molecule has 0 spiro atoms. The molecule has 202 valence electrons. The number of fused-ring (bicyclic) bond motifs is 2. The maximum absolute atomic E-state index is 13.2. The molecule has 2 aromatic rings. The van der Waals surface area contributed by atoms with E-state index >= 15 is 0 Å². The molecule has 2 saturated heterocycles. The number of ether oxygens (including phenoxy) is 1. The van der Waals surface area contributed by atoms with E-state index in [-0.39, 0.29) is 17.9 Å². The zero-order chi connectivity index (χ0) is 26.4. The zero-order valence-corrected chi connectivity index (χ0v) is 22.4. The molecule has 10 nitrogen and oxygen atoms in total. The maximum atomic E-state index is 13.2. The summed E-state index contributed by atoms with van der Waals surface area (Å²) in [5, 5.41) is 6.72. The summed E-state index contributed by atoms with van der Waals surface area (Å²) in [5.74, 6) is 3.02. The minimum atomic E-state index is -0.223. The standard InChI is InChI=1S/C28H37N7O3/c1-4-22-27(37)33(2)23-14-30-28(32-25(23)35(22)20-7-5-6-8-20)31-21-10-9-17(11-24(21)38-3)26(36)34-15-18-12-29-13-19(18)16-34/h9-11,14,18-20,22,29H,4-8,12-13,15-16H2,1-3H3,(H,30,31,32)/t18?,19?,22-/m1/s1. The fraction of sp³-hybridized carbons (Fsp3) is 0.571. The summed E-state index contributed by atoms with van der Waals surface area (Å²) in [7, 11) is 3.40. The smallest absolute Gasteiger partial charge is 0.254 e.